The second kappa shape index (κ2) is 7.03. The Hall–Kier alpha value is -3.48. The summed E-state index contributed by atoms with van der Waals surface area (Å²) in [5, 5.41) is 7.87. The molecule has 4 rings (SSSR count). The zero-order valence-corrected chi connectivity index (χ0v) is 15.0. The van der Waals surface area contributed by atoms with E-state index >= 15 is 0 Å². The summed E-state index contributed by atoms with van der Waals surface area (Å²) in [6.07, 6.45) is 0.433. The van der Waals surface area contributed by atoms with Gasteiger partial charge in [-0.1, -0.05) is 12.1 Å². The van der Waals surface area contributed by atoms with Gasteiger partial charge in [-0.3, -0.25) is 0 Å². The molecule has 0 atom stereocenters. The van der Waals surface area contributed by atoms with Crippen molar-refractivity contribution in [3.8, 4) is 5.75 Å². The Morgan fingerprint density at radius 3 is 2.63 bits per heavy atom. The molecular formula is C20H18FN5O. The van der Waals surface area contributed by atoms with Gasteiger partial charge in [-0.2, -0.15) is 9.50 Å². The molecule has 4 aromatic rings. The van der Waals surface area contributed by atoms with E-state index in [0.717, 1.165) is 28.5 Å². The molecule has 2 aromatic carbocycles. The monoisotopic (exact) mass is 363 g/mol. The highest BCUT2D eigenvalue weighted by atomic mass is 19.1. The lowest BCUT2D eigenvalue weighted by Crippen LogP contribution is -2.03. The number of fused-ring (bicyclic) bond motifs is 1. The van der Waals surface area contributed by atoms with Crippen molar-refractivity contribution in [2.24, 2.45) is 0 Å². The molecule has 0 radical (unpaired) electrons. The second-order valence-electron chi connectivity index (χ2n) is 6.18. The molecule has 0 amide bonds. The van der Waals surface area contributed by atoms with Crippen LogP contribution in [-0.4, -0.2) is 26.7 Å². The van der Waals surface area contributed by atoms with Gasteiger partial charge in [-0.05, 0) is 48.9 Å². The SMILES string of the molecule is COc1ccc(Nc2cc(C)nc3nc(Cc4cccc(F)c4)nn23)cc1. The third kappa shape index (κ3) is 3.72. The predicted molar refractivity (Wildman–Crippen MR) is 101 cm³/mol. The minimum atomic E-state index is -0.271. The Labute approximate surface area is 155 Å². The number of methoxy groups -OCH3 is 1. The molecule has 0 unspecified atom stereocenters. The summed E-state index contributed by atoms with van der Waals surface area (Å²) in [6.45, 7) is 1.90. The first-order valence-electron chi connectivity index (χ1n) is 8.49. The lowest BCUT2D eigenvalue weighted by atomic mass is 10.1. The molecule has 0 aliphatic heterocycles. The first-order valence-corrected chi connectivity index (χ1v) is 8.49. The van der Waals surface area contributed by atoms with Crippen LogP contribution >= 0.6 is 0 Å². The van der Waals surface area contributed by atoms with Gasteiger partial charge < -0.3 is 10.1 Å². The third-order valence-electron chi connectivity index (χ3n) is 4.10. The fourth-order valence-electron chi connectivity index (χ4n) is 2.84. The molecule has 0 aliphatic rings. The molecule has 1 N–H and O–H groups in total. The van der Waals surface area contributed by atoms with Crippen LogP contribution in [0.1, 0.15) is 17.1 Å². The fraction of sp³-hybridized carbons (Fsp3) is 0.150. The van der Waals surface area contributed by atoms with Crippen molar-refractivity contribution in [3.05, 3.63) is 77.5 Å². The number of halogens is 1. The largest absolute Gasteiger partial charge is 0.497 e. The number of hydrogen-bond acceptors (Lipinski definition) is 5. The number of hydrogen-bond donors (Lipinski definition) is 1. The smallest absolute Gasteiger partial charge is 0.254 e. The van der Waals surface area contributed by atoms with E-state index in [1.165, 1.54) is 12.1 Å². The maximum atomic E-state index is 13.4. The maximum absolute atomic E-state index is 13.4. The van der Waals surface area contributed by atoms with Crippen LogP contribution in [0, 0.1) is 12.7 Å². The highest BCUT2D eigenvalue weighted by Gasteiger charge is 2.11. The van der Waals surface area contributed by atoms with Crippen LogP contribution in [0.15, 0.2) is 54.6 Å². The number of nitrogens with one attached hydrogen (secondary N) is 1. The molecule has 0 aliphatic carbocycles. The maximum Gasteiger partial charge on any atom is 0.254 e. The molecular weight excluding hydrogens is 345 g/mol. The van der Waals surface area contributed by atoms with Crippen molar-refractivity contribution < 1.29 is 9.13 Å². The zero-order chi connectivity index (χ0) is 18.8. The van der Waals surface area contributed by atoms with Crippen molar-refractivity contribution in [2.45, 2.75) is 13.3 Å². The number of nitrogens with zero attached hydrogens (tertiary/aromatic N) is 4. The van der Waals surface area contributed by atoms with E-state index < -0.39 is 0 Å². The first-order chi connectivity index (χ1) is 13.1. The molecule has 2 aromatic heterocycles. The summed E-state index contributed by atoms with van der Waals surface area (Å²) in [5.41, 5.74) is 2.53. The van der Waals surface area contributed by atoms with Crippen molar-refractivity contribution in [1.29, 1.82) is 0 Å². The Morgan fingerprint density at radius 1 is 1.07 bits per heavy atom. The molecule has 7 heteroatoms. The molecule has 2 heterocycles. The molecule has 0 fully saturated rings. The van der Waals surface area contributed by atoms with Crippen molar-refractivity contribution in [2.75, 3.05) is 12.4 Å². The fourth-order valence-corrected chi connectivity index (χ4v) is 2.84. The summed E-state index contributed by atoms with van der Waals surface area (Å²) < 4.78 is 20.3. The predicted octanol–water partition coefficient (Wildman–Crippen LogP) is 3.91. The Balaban J connectivity index is 1.67. The molecule has 136 valence electrons. The van der Waals surface area contributed by atoms with E-state index in [1.807, 2.05) is 43.3 Å². The molecule has 0 spiro atoms. The van der Waals surface area contributed by atoms with Gasteiger partial charge >= 0.3 is 0 Å². The number of benzene rings is 2. The highest BCUT2D eigenvalue weighted by Crippen LogP contribution is 2.21. The summed E-state index contributed by atoms with van der Waals surface area (Å²) >= 11 is 0. The highest BCUT2D eigenvalue weighted by molar-refractivity contribution is 5.59. The van der Waals surface area contributed by atoms with Gasteiger partial charge in [0.2, 0.25) is 0 Å². The zero-order valence-electron chi connectivity index (χ0n) is 15.0. The standard InChI is InChI=1S/C20H18FN5O/c1-13-10-19(23-16-6-8-17(27-2)9-7-16)26-20(22-13)24-18(25-26)12-14-4-3-5-15(21)11-14/h3-11,23H,12H2,1-2H3. The summed E-state index contributed by atoms with van der Waals surface area (Å²) in [7, 11) is 1.63. The van der Waals surface area contributed by atoms with Crippen LogP contribution in [0.25, 0.3) is 5.78 Å². The van der Waals surface area contributed by atoms with Gasteiger partial charge in [0.1, 0.15) is 17.4 Å². The van der Waals surface area contributed by atoms with Crippen LogP contribution in [0.4, 0.5) is 15.9 Å². The minimum Gasteiger partial charge on any atom is -0.497 e. The number of rotatable bonds is 5. The Morgan fingerprint density at radius 2 is 1.89 bits per heavy atom. The Bertz CT molecular complexity index is 1090. The number of aromatic nitrogens is 4. The number of aryl methyl sites for hydroxylation is 1. The van der Waals surface area contributed by atoms with Crippen LogP contribution in [0.5, 0.6) is 5.75 Å². The summed E-state index contributed by atoms with van der Waals surface area (Å²) in [6, 6.07) is 15.9. The van der Waals surface area contributed by atoms with Gasteiger partial charge in [0.05, 0.1) is 7.11 Å². The molecule has 0 bridgehead atoms. The van der Waals surface area contributed by atoms with Crippen LogP contribution < -0.4 is 10.1 Å². The van der Waals surface area contributed by atoms with E-state index in [9.17, 15) is 4.39 Å². The van der Waals surface area contributed by atoms with Gasteiger partial charge in [-0.25, -0.2) is 9.37 Å². The van der Waals surface area contributed by atoms with E-state index in [4.69, 9.17) is 4.74 Å². The number of ether oxygens (including phenoxy) is 1. The minimum absolute atomic E-state index is 0.271. The van der Waals surface area contributed by atoms with Gasteiger partial charge in [0.15, 0.2) is 5.82 Å². The van der Waals surface area contributed by atoms with E-state index in [0.29, 0.717) is 18.0 Å². The van der Waals surface area contributed by atoms with Gasteiger partial charge in [0, 0.05) is 23.9 Å². The second-order valence-corrected chi connectivity index (χ2v) is 6.18. The quantitative estimate of drug-likeness (QED) is 0.582. The van der Waals surface area contributed by atoms with Crippen LogP contribution in [0.3, 0.4) is 0 Å². The van der Waals surface area contributed by atoms with Gasteiger partial charge in [-0.15, -0.1) is 5.10 Å². The summed E-state index contributed by atoms with van der Waals surface area (Å²) in [4.78, 5) is 8.93. The van der Waals surface area contributed by atoms with Crippen molar-refractivity contribution in [3.63, 3.8) is 0 Å². The average Bonchev–Trinajstić information content (AvgIpc) is 3.04. The molecule has 6 nitrogen and oxygen atoms in total. The number of anilines is 2. The summed E-state index contributed by atoms with van der Waals surface area (Å²) in [5.74, 6) is 2.34. The topological polar surface area (TPSA) is 64.3 Å². The van der Waals surface area contributed by atoms with E-state index in [2.05, 4.69) is 20.4 Å². The molecule has 0 saturated carbocycles. The Kier molecular flexibility index (Phi) is 4.42. The normalized spacial score (nSPS) is 10.9. The molecule has 27 heavy (non-hydrogen) atoms. The van der Waals surface area contributed by atoms with Crippen LogP contribution in [0.2, 0.25) is 0 Å². The van der Waals surface area contributed by atoms with Gasteiger partial charge in [0.25, 0.3) is 5.78 Å². The van der Waals surface area contributed by atoms with Crippen molar-refractivity contribution in [1.82, 2.24) is 19.6 Å². The third-order valence-corrected chi connectivity index (χ3v) is 4.10. The van der Waals surface area contributed by atoms with Crippen LogP contribution in [-0.2, 0) is 6.42 Å². The molecule has 0 saturated heterocycles. The lowest BCUT2D eigenvalue weighted by molar-refractivity contribution is 0.415. The lowest BCUT2D eigenvalue weighted by Gasteiger charge is -2.09. The van der Waals surface area contributed by atoms with E-state index in [1.54, 1.807) is 17.7 Å². The van der Waals surface area contributed by atoms with E-state index in [-0.39, 0.29) is 5.82 Å². The first kappa shape index (κ1) is 17.0. The average molecular weight is 363 g/mol. The van der Waals surface area contributed by atoms with Crippen molar-refractivity contribution >= 4 is 17.3 Å².